The number of carbonyl (C=O) groups excluding carboxylic acids is 1. The second-order valence-corrected chi connectivity index (χ2v) is 4.72. The van der Waals surface area contributed by atoms with Crippen LogP contribution in [0.1, 0.15) is 39.5 Å². The SMILES string of the molecule is C=CC(=O)OC1CCCCC1C(C)(C)O. The molecule has 3 heteroatoms. The number of carbonyl (C=O) groups is 1. The molecule has 0 aliphatic heterocycles. The van der Waals surface area contributed by atoms with Gasteiger partial charge in [0.2, 0.25) is 0 Å². The third-order valence-corrected chi connectivity index (χ3v) is 3.04. The van der Waals surface area contributed by atoms with Crippen LogP contribution >= 0.6 is 0 Å². The highest BCUT2D eigenvalue weighted by Crippen LogP contribution is 2.34. The highest BCUT2D eigenvalue weighted by molar-refractivity contribution is 5.81. The van der Waals surface area contributed by atoms with Gasteiger partial charge >= 0.3 is 5.97 Å². The molecule has 3 nitrogen and oxygen atoms in total. The molecule has 0 amide bonds. The van der Waals surface area contributed by atoms with Crippen molar-refractivity contribution in [2.45, 2.75) is 51.2 Å². The average molecular weight is 212 g/mol. The van der Waals surface area contributed by atoms with E-state index in [9.17, 15) is 9.90 Å². The van der Waals surface area contributed by atoms with Gasteiger partial charge in [-0.1, -0.05) is 13.0 Å². The molecule has 1 aliphatic carbocycles. The van der Waals surface area contributed by atoms with Crippen LogP contribution in [0.5, 0.6) is 0 Å². The monoisotopic (exact) mass is 212 g/mol. The summed E-state index contributed by atoms with van der Waals surface area (Å²) in [6.07, 6.45) is 4.92. The molecule has 0 aromatic heterocycles. The highest BCUT2D eigenvalue weighted by Gasteiger charge is 2.37. The normalized spacial score (nSPS) is 27.1. The van der Waals surface area contributed by atoms with Gasteiger partial charge in [-0.3, -0.25) is 0 Å². The summed E-state index contributed by atoms with van der Waals surface area (Å²) in [5.74, 6) is -0.355. The Labute approximate surface area is 91.1 Å². The van der Waals surface area contributed by atoms with E-state index in [4.69, 9.17) is 4.74 Å². The molecular weight excluding hydrogens is 192 g/mol. The van der Waals surface area contributed by atoms with E-state index in [1.165, 1.54) is 6.08 Å². The third-order valence-electron chi connectivity index (χ3n) is 3.04. The Morgan fingerprint density at radius 2 is 2.07 bits per heavy atom. The lowest BCUT2D eigenvalue weighted by Gasteiger charge is -2.38. The summed E-state index contributed by atoms with van der Waals surface area (Å²) in [6, 6.07) is 0. The minimum absolute atomic E-state index is 0.0372. The van der Waals surface area contributed by atoms with Gasteiger partial charge in [0.05, 0.1) is 5.60 Å². The maximum atomic E-state index is 11.1. The molecule has 0 saturated heterocycles. The fourth-order valence-electron chi connectivity index (χ4n) is 2.24. The number of rotatable bonds is 3. The quantitative estimate of drug-likeness (QED) is 0.575. The maximum Gasteiger partial charge on any atom is 0.330 e. The Bertz CT molecular complexity index is 240. The van der Waals surface area contributed by atoms with E-state index in [-0.39, 0.29) is 12.0 Å². The Balaban J connectivity index is 2.65. The van der Waals surface area contributed by atoms with Crippen LogP contribution in [0, 0.1) is 5.92 Å². The van der Waals surface area contributed by atoms with Crippen molar-refractivity contribution in [3.63, 3.8) is 0 Å². The summed E-state index contributed by atoms with van der Waals surface area (Å²) in [6.45, 7) is 6.93. The molecule has 2 atom stereocenters. The summed E-state index contributed by atoms with van der Waals surface area (Å²) in [5.41, 5.74) is -0.785. The molecule has 0 bridgehead atoms. The van der Waals surface area contributed by atoms with Crippen LogP contribution in [-0.2, 0) is 9.53 Å². The predicted molar refractivity (Wildman–Crippen MR) is 58.3 cm³/mol. The van der Waals surface area contributed by atoms with Crippen LogP contribution in [0.4, 0.5) is 0 Å². The lowest BCUT2D eigenvalue weighted by Crippen LogP contribution is -2.43. The summed E-state index contributed by atoms with van der Waals surface area (Å²) < 4.78 is 5.26. The standard InChI is InChI=1S/C12H20O3/c1-4-11(13)15-10-8-6-5-7-9(10)12(2,3)14/h4,9-10,14H,1,5-8H2,2-3H3. The first-order valence-corrected chi connectivity index (χ1v) is 5.50. The van der Waals surface area contributed by atoms with Gasteiger partial charge in [0.15, 0.2) is 0 Å². The van der Waals surface area contributed by atoms with Crippen LogP contribution in [-0.4, -0.2) is 22.8 Å². The average Bonchev–Trinajstić information content (AvgIpc) is 2.17. The zero-order valence-electron chi connectivity index (χ0n) is 9.53. The molecule has 1 N–H and O–H groups in total. The zero-order chi connectivity index (χ0) is 11.5. The zero-order valence-corrected chi connectivity index (χ0v) is 9.53. The first-order valence-electron chi connectivity index (χ1n) is 5.50. The smallest absolute Gasteiger partial charge is 0.330 e. The van der Waals surface area contributed by atoms with Gasteiger partial charge in [-0.15, -0.1) is 0 Å². The first-order chi connectivity index (χ1) is 6.95. The molecule has 1 rings (SSSR count). The summed E-state index contributed by atoms with van der Waals surface area (Å²) >= 11 is 0. The van der Waals surface area contributed by atoms with Gasteiger partial charge in [-0.25, -0.2) is 4.79 Å². The summed E-state index contributed by atoms with van der Waals surface area (Å²) in [7, 11) is 0. The van der Waals surface area contributed by atoms with E-state index in [2.05, 4.69) is 6.58 Å². The predicted octanol–water partition coefficient (Wildman–Crippen LogP) is 2.05. The molecule has 2 unspecified atom stereocenters. The number of ether oxygens (including phenoxy) is 1. The van der Waals surface area contributed by atoms with Gasteiger partial charge in [0.1, 0.15) is 6.10 Å². The van der Waals surface area contributed by atoms with Gasteiger partial charge in [0, 0.05) is 12.0 Å². The van der Waals surface area contributed by atoms with Crippen molar-refractivity contribution in [3.05, 3.63) is 12.7 Å². The molecule has 1 saturated carbocycles. The van der Waals surface area contributed by atoms with E-state index < -0.39 is 11.6 Å². The van der Waals surface area contributed by atoms with Crippen molar-refractivity contribution >= 4 is 5.97 Å². The Kier molecular flexibility index (Phi) is 3.91. The van der Waals surface area contributed by atoms with E-state index in [0.717, 1.165) is 25.7 Å². The number of hydrogen-bond acceptors (Lipinski definition) is 3. The molecule has 86 valence electrons. The van der Waals surface area contributed by atoms with Gasteiger partial charge in [-0.05, 0) is 33.1 Å². The van der Waals surface area contributed by atoms with E-state index >= 15 is 0 Å². The Morgan fingerprint density at radius 3 is 2.60 bits per heavy atom. The third kappa shape index (κ3) is 3.34. The largest absolute Gasteiger partial charge is 0.459 e. The van der Waals surface area contributed by atoms with Crippen molar-refractivity contribution < 1.29 is 14.6 Å². The van der Waals surface area contributed by atoms with Crippen LogP contribution in [0.25, 0.3) is 0 Å². The van der Waals surface area contributed by atoms with Crippen molar-refractivity contribution in [1.29, 1.82) is 0 Å². The second kappa shape index (κ2) is 4.79. The van der Waals surface area contributed by atoms with Gasteiger partial charge in [-0.2, -0.15) is 0 Å². The van der Waals surface area contributed by atoms with Crippen LogP contribution in [0.3, 0.4) is 0 Å². The lowest BCUT2D eigenvalue weighted by atomic mass is 9.77. The molecule has 0 aromatic rings. The molecule has 15 heavy (non-hydrogen) atoms. The van der Waals surface area contributed by atoms with Gasteiger partial charge in [0.25, 0.3) is 0 Å². The van der Waals surface area contributed by atoms with Crippen LogP contribution < -0.4 is 0 Å². The number of hydrogen-bond donors (Lipinski definition) is 1. The second-order valence-electron chi connectivity index (χ2n) is 4.72. The van der Waals surface area contributed by atoms with Crippen molar-refractivity contribution in [2.24, 2.45) is 5.92 Å². The topological polar surface area (TPSA) is 46.5 Å². The summed E-state index contributed by atoms with van der Waals surface area (Å²) in [5, 5.41) is 9.98. The van der Waals surface area contributed by atoms with Crippen molar-refractivity contribution in [1.82, 2.24) is 0 Å². The maximum absolute atomic E-state index is 11.1. The molecule has 0 radical (unpaired) electrons. The number of aliphatic hydroxyl groups is 1. The Hall–Kier alpha value is -0.830. The van der Waals surface area contributed by atoms with Crippen molar-refractivity contribution in [2.75, 3.05) is 0 Å². The molecule has 0 spiro atoms. The van der Waals surface area contributed by atoms with E-state index in [1.807, 2.05) is 0 Å². The fraction of sp³-hybridized carbons (Fsp3) is 0.750. The first kappa shape index (κ1) is 12.2. The number of esters is 1. The van der Waals surface area contributed by atoms with Crippen LogP contribution in [0.15, 0.2) is 12.7 Å². The van der Waals surface area contributed by atoms with Gasteiger partial charge < -0.3 is 9.84 Å². The highest BCUT2D eigenvalue weighted by atomic mass is 16.5. The fourth-order valence-corrected chi connectivity index (χ4v) is 2.24. The molecule has 1 aliphatic rings. The molecule has 1 fully saturated rings. The van der Waals surface area contributed by atoms with Crippen LogP contribution in [0.2, 0.25) is 0 Å². The Morgan fingerprint density at radius 1 is 1.47 bits per heavy atom. The lowest BCUT2D eigenvalue weighted by molar-refractivity contribution is -0.154. The molecule has 0 heterocycles. The molecule has 0 aromatic carbocycles. The molecular formula is C12H20O3. The van der Waals surface area contributed by atoms with Crippen molar-refractivity contribution in [3.8, 4) is 0 Å². The minimum atomic E-state index is -0.785. The van der Waals surface area contributed by atoms with E-state index in [0.29, 0.717) is 0 Å². The summed E-state index contributed by atoms with van der Waals surface area (Å²) in [4.78, 5) is 11.1. The minimum Gasteiger partial charge on any atom is -0.459 e. The van der Waals surface area contributed by atoms with E-state index in [1.54, 1.807) is 13.8 Å².